The smallest absolute Gasteiger partial charge is 0.278 e. The van der Waals surface area contributed by atoms with Crippen LogP contribution in [0.15, 0.2) is 34.1 Å². The number of benzene rings is 1. The highest BCUT2D eigenvalue weighted by atomic mass is 32.2. The first-order chi connectivity index (χ1) is 9.66. The van der Waals surface area contributed by atoms with Gasteiger partial charge in [-0.05, 0) is 6.07 Å². The van der Waals surface area contributed by atoms with Crippen LogP contribution in [0.4, 0.5) is 0 Å². The fraction of sp³-hybridized carbons (Fsp3) is 0.231. The molecule has 2 heterocycles. The number of aromatic nitrogens is 2. The second-order valence-corrected chi connectivity index (χ2v) is 5.40. The van der Waals surface area contributed by atoms with Gasteiger partial charge >= 0.3 is 0 Å². The molecular formula is C13H12N4O2S. The largest absolute Gasteiger partial charge is 0.300 e. The molecule has 1 N–H and O–H groups in total. The predicted molar refractivity (Wildman–Crippen MR) is 79.2 cm³/mol. The molecule has 0 bridgehead atoms. The van der Waals surface area contributed by atoms with Crippen molar-refractivity contribution in [3.8, 4) is 0 Å². The summed E-state index contributed by atoms with van der Waals surface area (Å²) in [6, 6.07) is 6.96. The number of aryl methyl sites for hydroxylation is 1. The van der Waals surface area contributed by atoms with Crippen LogP contribution in [0, 0.1) is 0 Å². The predicted octanol–water partition coefficient (Wildman–Crippen LogP) is 0.766. The second-order valence-electron chi connectivity index (χ2n) is 4.31. The lowest BCUT2D eigenvalue weighted by Crippen LogP contribution is -2.31. The Labute approximate surface area is 118 Å². The number of thioether (sulfide) groups is 1. The minimum Gasteiger partial charge on any atom is -0.300 e. The van der Waals surface area contributed by atoms with Gasteiger partial charge in [-0.2, -0.15) is 5.10 Å². The molecule has 1 aromatic carbocycles. The molecule has 1 amide bonds. The van der Waals surface area contributed by atoms with Crippen molar-refractivity contribution in [3.05, 3.63) is 40.3 Å². The summed E-state index contributed by atoms with van der Waals surface area (Å²) in [6.07, 6.45) is 0. The molecule has 6 nitrogen and oxygen atoms in total. The summed E-state index contributed by atoms with van der Waals surface area (Å²) in [4.78, 5) is 28.5. The molecular weight excluding hydrogens is 276 g/mol. The van der Waals surface area contributed by atoms with Gasteiger partial charge in [0.2, 0.25) is 0 Å². The molecule has 1 aromatic heterocycles. The average molecular weight is 288 g/mol. The summed E-state index contributed by atoms with van der Waals surface area (Å²) >= 11 is 1.50. The van der Waals surface area contributed by atoms with E-state index in [1.807, 2.05) is 0 Å². The molecule has 0 aliphatic carbocycles. The number of nitrogens with one attached hydrogen (secondary N) is 1. The Hall–Kier alpha value is -2.15. The zero-order valence-corrected chi connectivity index (χ0v) is 11.6. The number of hydrogen-bond acceptors (Lipinski definition) is 5. The highest BCUT2D eigenvalue weighted by Crippen LogP contribution is 2.14. The summed E-state index contributed by atoms with van der Waals surface area (Å²) in [5.74, 6) is 0.529. The maximum atomic E-state index is 12.3. The molecule has 0 saturated carbocycles. The van der Waals surface area contributed by atoms with Gasteiger partial charge in [-0.3, -0.25) is 19.9 Å². The number of fused-ring (bicyclic) bond motifs is 1. The van der Waals surface area contributed by atoms with Gasteiger partial charge < -0.3 is 0 Å². The van der Waals surface area contributed by atoms with Crippen molar-refractivity contribution in [2.45, 2.75) is 0 Å². The third-order valence-electron chi connectivity index (χ3n) is 2.98. The van der Waals surface area contributed by atoms with E-state index >= 15 is 0 Å². The second kappa shape index (κ2) is 5.09. The van der Waals surface area contributed by atoms with E-state index in [0.29, 0.717) is 22.5 Å². The van der Waals surface area contributed by atoms with E-state index in [0.717, 1.165) is 5.75 Å². The van der Waals surface area contributed by atoms with E-state index < -0.39 is 0 Å². The van der Waals surface area contributed by atoms with Crippen LogP contribution < -0.4 is 10.9 Å². The quantitative estimate of drug-likeness (QED) is 0.840. The number of rotatable bonds is 1. The molecule has 0 spiro atoms. The van der Waals surface area contributed by atoms with Crippen LogP contribution in [0.1, 0.15) is 10.5 Å². The van der Waals surface area contributed by atoms with E-state index in [1.165, 1.54) is 23.5 Å². The summed E-state index contributed by atoms with van der Waals surface area (Å²) in [5, 5.41) is 8.44. The van der Waals surface area contributed by atoms with Crippen LogP contribution in [-0.2, 0) is 7.05 Å². The topological polar surface area (TPSA) is 76.3 Å². The van der Waals surface area contributed by atoms with E-state index in [9.17, 15) is 9.59 Å². The number of carbonyl (C=O) groups excluding carboxylic acids is 1. The molecule has 3 rings (SSSR count). The lowest BCUT2D eigenvalue weighted by atomic mass is 10.1. The fourth-order valence-corrected chi connectivity index (χ4v) is 2.76. The minimum absolute atomic E-state index is 0.218. The monoisotopic (exact) mass is 288 g/mol. The van der Waals surface area contributed by atoms with Crippen molar-refractivity contribution >= 4 is 33.6 Å². The molecule has 7 heteroatoms. The molecule has 0 unspecified atom stereocenters. The molecule has 20 heavy (non-hydrogen) atoms. The van der Waals surface area contributed by atoms with E-state index in [4.69, 9.17) is 0 Å². The number of hydrogen-bond donors (Lipinski definition) is 1. The van der Waals surface area contributed by atoms with Gasteiger partial charge in [0.25, 0.3) is 11.5 Å². The number of amides is 1. The fourth-order valence-electron chi connectivity index (χ4n) is 2.03. The summed E-state index contributed by atoms with van der Waals surface area (Å²) < 4.78 is 1.18. The Morgan fingerprint density at radius 3 is 2.80 bits per heavy atom. The number of aliphatic imine (C=N–C) groups is 1. The van der Waals surface area contributed by atoms with Crippen molar-refractivity contribution in [2.24, 2.45) is 12.0 Å². The highest BCUT2D eigenvalue weighted by Gasteiger charge is 2.18. The van der Waals surface area contributed by atoms with Crippen LogP contribution in [0.25, 0.3) is 10.8 Å². The van der Waals surface area contributed by atoms with Crippen molar-refractivity contribution in [1.82, 2.24) is 15.1 Å². The molecule has 2 aromatic rings. The molecule has 0 atom stereocenters. The van der Waals surface area contributed by atoms with Crippen LogP contribution in [0.2, 0.25) is 0 Å². The van der Waals surface area contributed by atoms with Gasteiger partial charge in [0, 0.05) is 18.2 Å². The number of nitrogens with zero attached hydrogens (tertiary/aromatic N) is 3. The standard InChI is InChI=1S/C13H12N4O2S/c1-17-12(19)9-5-3-2-4-8(9)10(16-17)11(18)15-13-14-6-7-20-13/h2-5H,6-7H2,1H3,(H,14,15,18). The van der Waals surface area contributed by atoms with Crippen LogP contribution in [0.5, 0.6) is 0 Å². The van der Waals surface area contributed by atoms with E-state index in [1.54, 1.807) is 24.3 Å². The Kier molecular flexibility index (Phi) is 3.27. The average Bonchev–Trinajstić information content (AvgIpc) is 2.95. The summed E-state index contributed by atoms with van der Waals surface area (Å²) in [7, 11) is 1.54. The van der Waals surface area contributed by atoms with E-state index in [2.05, 4.69) is 15.4 Å². The molecule has 1 aliphatic heterocycles. The Morgan fingerprint density at radius 1 is 1.35 bits per heavy atom. The zero-order chi connectivity index (χ0) is 14.1. The first kappa shape index (κ1) is 12.9. The lowest BCUT2D eigenvalue weighted by molar-refractivity contribution is 0.0973. The molecule has 0 fully saturated rings. The normalized spacial score (nSPS) is 14.3. The van der Waals surface area contributed by atoms with Crippen molar-refractivity contribution in [2.75, 3.05) is 12.3 Å². The first-order valence-corrected chi connectivity index (χ1v) is 7.10. The van der Waals surface area contributed by atoms with E-state index in [-0.39, 0.29) is 17.2 Å². The Bertz CT molecular complexity index is 782. The highest BCUT2D eigenvalue weighted by molar-refractivity contribution is 8.14. The summed E-state index contributed by atoms with van der Waals surface area (Å²) in [6.45, 7) is 0.710. The van der Waals surface area contributed by atoms with Gasteiger partial charge in [-0.15, -0.1) is 0 Å². The van der Waals surface area contributed by atoms with Gasteiger partial charge in [0.05, 0.1) is 11.9 Å². The van der Waals surface area contributed by atoms with Crippen LogP contribution in [0.3, 0.4) is 0 Å². The molecule has 1 aliphatic rings. The van der Waals surface area contributed by atoms with Gasteiger partial charge in [-0.1, -0.05) is 30.0 Å². The Morgan fingerprint density at radius 2 is 2.10 bits per heavy atom. The minimum atomic E-state index is -0.343. The maximum Gasteiger partial charge on any atom is 0.278 e. The van der Waals surface area contributed by atoms with Gasteiger partial charge in [-0.25, -0.2) is 4.68 Å². The molecule has 102 valence electrons. The van der Waals surface area contributed by atoms with Crippen LogP contribution in [-0.4, -0.2) is 33.2 Å². The zero-order valence-electron chi connectivity index (χ0n) is 10.8. The van der Waals surface area contributed by atoms with Crippen molar-refractivity contribution < 1.29 is 4.79 Å². The first-order valence-electron chi connectivity index (χ1n) is 6.11. The number of carbonyl (C=O) groups is 1. The molecule has 0 saturated heterocycles. The Balaban J connectivity index is 2.09. The third kappa shape index (κ3) is 2.20. The summed E-state index contributed by atoms with van der Waals surface area (Å²) in [5.41, 5.74) is 0.0163. The van der Waals surface area contributed by atoms with Gasteiger partial charge in [0.1, 0.15) is 0 Å². The van der Waals surface area contributed by atoms with Crippen molar-refractivity contribution in [1.29, 1.82) is 0 Å². The third-order valence-corrected chi connectivity index (χ3v) is 3.87. The number of amidine groups is 1. The lowest BCUT2D eigenvalue weighted by Gasteiger charge is -2.08. The van der Waals surface area contributed by atoms with Gasteiger partial charge in [0.15, 0.2) is 10.9 Å². The molecule has 0 radical (unpaired) electrons. The van der Waals surface area contributed by atoms with Crippen molar-refractivity contribution in [3.63, 3.8) is 0 Å². The maximum absolute atomic E-state index is 12.3. The van der Waals surface area contributed by atoms with Crippen LogP contribution >= 0.6 is 11.8 Å². The SMILES string of the molecule is Cn1nc(C(=O)NC2=NCCS2)c2ccccc2c1=O.